The predicted molar refractivity (Wildman–Crippen MR) is 82.0 cm³/mol. The number of nitrogens with zero attached hydrogens (tertiary/aromatic N) is 1. The second-order valence-corrected chi connectivity index (χ2v) is 5.09. The minimum absolute atomic E-state index is 0.129. The molecule has 0 saturated heterocycles. The van der Waals surface area contributed by atoms with Crippen LogP contribution in [0.3, 0.4) is 0 Å². The van der Waals surface area contributed by atoms with Gasteiger partial charge in [0, 0.05) is 18.8 Å². The Morgan fingerprint density at radius 3 is 2.71 bits per heavy atom. The van der Waals surface area contributed by atoms with E-state index >= 15 is 0 Å². The summed E-state index contributed by atoms with van der Waals surface area (Å²) in [6.07, 6.45) is 2.77. The lowest BCUT2D eigenvalue weighted by atomic mass is 10.1. The summed E-state index contributed by atoms with van der Waals surface area (Å²) in [5.74, 6) is -0.558. The summed E-state index contributed by atoms with van der Waals surface area (Å²) in [6, 6.07) is 6.51. The van der Waals surface area contributed by atoms with Gasteiger partial charge in [0.15, 0.2) is 0 Å². The number of hydrogen-bond acceptors (Lipinski definition) is 3. The largest absolute Gasteiger partial charge is 0.378 e. The molecule has 110 valence electrons. The van der Waals surface area contributed by atoms with E-state index in [0.717, 1.165) is 17.4 Å². The highest BCUT2D eigenvalue weighted by Gasteiger charge is 2.09. The van der Waals surface area contributed by atoms with Gasteiger partial charge in [-0.3, -0.25) is 9.78 Å². The normalized spacial score (nSPS) is 11.8. The van der Waals surface area contributed by atoms with Gasteiger partial charge in [0.1, 0.15) is 5.82 Å². The van der Waals surface area contributed by atoms with Crippen LogP contribution >= 0.6 is 11.6 Å². The van der Waals surface area contributed by atoms with Crippen LogP contribution < -0.4 is 10.6 Å². The van der Waals surface area contributed by atoms with Crippen LogP contribution in [0, 0.1) is 5.82 Å². The molecule has 1 aromatic heterocycles. The highest BCUT2D eigenvalue weighted by atomic mass is 35.5. The van der Waals surface area contributed by atoms with Crippen molar-refractivity contribution in [3.63, 3.8) is 0 Å². The molecule has 0 bridgehead atoms. The van der Waals surface area contributed by atoms with Gasteiger partial charge in [-0.15, -0.1) is 0 Å². The Kier molecular flexibility index (Phi) is 4.75. The Bertz CT molecular complexity index is 663. The zero-order valence-electron chi connectivity index (χ0n) is 11.7. The maximum Gasteiger partial charge on any atom is 0.221 e. The standard InChI is InChI=1S/C15H15ClFN3O/c1-9(11-5-12(17)8-18-7-11)19-13-3-4-15(14(16)6-13)20-10(2)21/h3-9,19H,1-2H3,(H,20,21). The summed E-state index contributed by atoms with van der Waals surface area (Å²) in [4.78, 5) is 14.8. The smallest absolute Gasteiger partial charge is 0.221 e. The number of carbonyl (C=O) groups excluding carboxylic acids is 1. The van der Waals surface area contributed by atoms with Crippen molar-refractivity contribution in [1.82, 2.24) is 4.98 Å². The van der Waals surface area contributed by atoms with E-state index in [0.29, 0.717) is 10.7 Å². The van der Waals surface area contributed by atoms with Crippen LogP contribution in [0.25, 0.3) is 0 Å². The molecule has 0 radical (unpaired) electrons. The lowest BCUT2D eigenvalue weighted by Crippen LogP contribution is -2.09. The van der Waals surface area contributed by atoms with Gasteiger partial charge in [0.25, 0.3) is 0 Å². The third-order valence-electron chi connectivity index (χ3n) is 2.89. The molecule has 1 amide bonds. The zero-order valence-corrected chi connectivity index (χ0v) is 12.4. The third kappa shape index (κ3) is 4.16. The van der Waals surface area contributed by atoms with E-state index in [4.69, 9.17) is 11.6 Å². The first-order valence-electron chi connectivity index (χ1n) is 6.40. The maximum absolute atomic E-state index is 13.2. The van der Waals surface area contributed by atoms with Crippen molar-refractivity contribution < 1.29 is 9.18 Å². The Labute approximate surface area is 127 Å². The van der Waals surface area contributed by atoms with E-state index in [1.807, 2.05) is 6.92 Å². The SMILES string of the molecule is CC(=O)Nc1ccc(NC(C)c2cncc(F)c2)cc1Cl. The molecule has 2 rings (SSSR count). The van der Waals surface area contributed by atoms with Gasteiger partial charge in [-0.2, -0.15) is 0 Å². The fourth-order valence-corrected chi connectivity index (χ4v) is 2.12. The molecule has 6 heteroatoms. The Morgan fingerprint density at radius 1 is 1.33 bits per heavy atom. The average molecular weight is 308 g/mol. The average Bonchev–Trinajstić information content (AvgIpc) is 2.41. The molecule has 1 atom stereocenters. The topological polar surface area (TPSA) is 54.0 Å². The highest BCUT2D eigenvalue weighted by molar-refractivity contribution is 6.34. The highest BCUT2D eigenvalue weighted by Crippen LogP contribution is 2.27. The Hall–Kier alpha value is -2.14. The second-order valence-electron chi connectivity index (χ2n) is 4.68. The fourth-order valence-electron chi connectivity index (χ4n) is 1.89. The van der Waals surface area contributed by atoms with Gasteiger partial charge in [0.2, 0.25) is 5.91 Å². The molecule has 1 unspecified atom stereocenters. The van der Waals surface area contributed by atoms with Gasteiger partial charge in [0.05, 0.1) is 22.9 Å². The van der Waals surface area contributed by atoms with Crippen LogP contribution in [0.15, 0.2) is 36.7 Å². The van der Waals surface area contributed by atoms with Crippen LogP contribution in [0.2, 0.25) is 5.02 Å². The van der Waals surface area contributed by atoms with Crippen LogP contribution in [-0.2, 0) is 4.79 Å². The van der Waals surface area contributed by atoms with Gasteiger partial charge in [-0.1, -0.05) is 11.6 Å². The van der Waals surface area contributed by atoms with Gasteiger partial charge < -0.3 is 10.6 Å². The molecule has 1 aromatic carbocycles. The molecule has 0 aliphatic rings. The molecule has 1 heterocycles. The summed E-state index contributed by atoms with van der Waals surface area (Å²) < 4.78 is 13.2. The van der Waals surface area contributed by atoms with E-state index in [9.17, 15) is 9.18 Å². The monoisotopic (exact) mass is 307 g/mol. The second kappa shape index (κ2) is 6.54. The number of halogens is 2. The Morgan fingerprint density at radius 2 is 2.10 bits per heavy atom. The lowest BCUT2D eigenvalue weighted by Gasteiger charge is -2.16. The minimum atomic E-state index is -0.375. The van der Waals surface area contributed by atoms with Crippen LogP contribution in [0.1, 0.15) is 25.5 Å². The molecule has 0 saturated carbocycles. The first-order chi connectivity index (χ1) is 9.95. The summed E-state index contributed by atoms with van der Waals surface area (Å²) >= 11 is 6.10. The molecule has 2 aromatic rings. The minimum Gasteiger partial charge on any atom is -0.378 e. The summed E-state index contributed by atoms with van der Waals surface area (Å²) in [6.45, 7) is 3.31. The van der Waals surface area contributed by atoms with E-state index in [1.165, 1.54) is 13.0 Å². The fraction of sp³-hybridized carbons (Fsp3) is 0.200. The lowest BCUT2D eigenvalue weighted by molar-refractivity contribution is -0.114. The number of nitrogens with one attached hydrogen (secondary N) is 2. The predicted octanol–water partition coefficient (Wildman–Crippen LogP) is 4.01. The summed E-state index contributed by atoms with van der Waals surface area (Å²) in [5, 5.41) is 6.27. The van der Waals surface area contributed by atoms with Gasteiger partial charge in [-0.25, -0.2) is 4.39 Å². The zero-order chi connectivity index (χ0) is 15.4. The first-order valence-corrected chi connectivity index (χ1v) is 6.77. The molecule has 0 fully saturated rings. The van der Waals surface area contributed by atoms with E-state index in [2.05, 4.69) is 15.6 Å². The molecule has 21 heavy (non-hydrogen) atoms. The van der Waals surface area contributed by atoms with Crippen LogP contribution in [0.4, 0.5) is 15.8 Å². The number of pyridine rings is 1. The first kappa shape index (κ1) is 15.3. The van der Waals surface area contributed by atoms with Gasteiger partial charge in [-0.05, 0) is 36.8 Å². The third-order valence-corrected chi connectivity index (χ3v) is 3.20. The number of carbonyl (C=O) groups is 1. The number of anilines is 2. The number of aromatic nitrogens is 1. The molecular formula is C15H15ClFN3O. The van der Waals surface area contributed by atoms with Crippen molar-refractivity contribution in [3.8, 4) is 0 Å². The molecule has 4 nitrogen and oxygen atoms in total. The van der Waals surface area contributed by atoms with E-state index in [1.54, 1.807) is 24.4 Å². The molecule has 0 aliphatic carbocycles. The molecule has 0 aliphatic heterocycles. The number of benzene rings is 1. The van der Waals surface area contributed by atoms with Crippen molar-refractivity contribution in [3.05, 3.63) is 53.1 Å². The summed E-state index contributed by atoms with van der Waals surface area (Å²) in [5.41, 5.74) is 2.05. The van der Waals surface area contributed by atoms with E-state index in [-0.39, 0.29) is 17.8 Å². The van der Waals surface area contributed by atoms with Crippen molar-refractivity contribution in [2.24, 2.45) is 0 Å². The maximum atomic E-state index is 13.2. The molecule has 2 N–H and O–H groups in total. The molecule has 0 spiro atoms. The number of hydrogen-bond donors (Lipinski definition) is 2. The molecular weight excluding hydrogens is 293 g/mol. The van der Waals surface area contributed by atoms with Crippen LogP contribution in [-0.4, -0.2) is 10.9 Å². The van der Waals surface area contributed by atoms with Crippen molar-refractivity contribution in [2.75, 3.05) is 10.6 Å². The van der Waals surface area contributed by atoms with Crippen molar-refractivity contribution >= 4 is 28.9 Å². The van der Waals surface area contributed by atoms with E-state index < -0.39 is 0 Å². The van der Waals surface area contributed by atoms with Gasteiger partial charge >= 0.3 is 0 Å². The quantitative estimate of drug-likeness (QED) is 0.897. The van der Waals surface area contributed by atoms with Crippen molar-refractivity contribution in [1.29, 1.82) is 0 Å². The number of amides is 1. The van der Waals surface area contributed by atoms with Crippen molar-refractivity contribution in [2.45, 2.75) is 19.9 Å². The summed E-state index contributed by atoms with van der Waals surface area (Å²) in [7, 11) is 0. The number of rotatable bonds is 4. The Balaban J connectivity index is 2.12. The van der Waals surface area contributed by atoms with Crippen LogP contribution in [0.5, 0.6) is 0 Å².